The van der Waals surface area contributed by atoms with Crippen LogP contribution in [0.1, 0.15) is 13.8 Å². The molecule has 0 saturated heterocycles. The third-order valence-electron chi connectivity index (χ3n) is 1.41. The lowest BCUT2D eigenvalue weighted by Gasteiger charge is -2.12. The van der Waals surface area contributed by atoms with Crippen LogP contribution in [0.2, 0.25) is 19.6 Å². The summed E-state index contributed by atoms with van der Waals surface area (Å²) in [5, 5.41) is 0. The Kier molecular flexibility index (Phi) is 6.49. The van der Waals surface area contributed by atoms with E-state index in [-0.39, 0.29) is 5.78 Å². The fourth-order valence-electron chi connectivity index (χ4n) is 0.810. The van der Waals surface area contributed by atoms with Gasteiger partial charge in [0.15, 0.2) is 0 Å². The Labute approximate surface area is 93.2 Å². The highest BCUT2D eigenvalue weighted by atomic mass is 28.3. The number of hydrogen-bond acceptors (Lipinski definition) is 3. The molecule has 0 aliphatic carbocycles. The first kappa shape index (κ1) is 14.4. The average Bonchev–Trinajstić information content (AvgIpc) is 2.13. The predicted molar refractivity (Wildman–Crippen MR) is 63.2 cm³/mol. The smallest absolute Gasteiger partial charge is 0.260 e. The van der Waals surface area contributed by atoms with Crippen molar-refractivity contribution in [2.75, 3.05) is 13.2 Å². The van der Waals surface area contributed by atoms with Crippen LogP contribution in [0.25, 0.3) is 0 Å². The highest BCUT2D eigenvalue weighted by Crippen LogP contribution is 1.99. The molecule has 0 aromatic carbocycles. The van der Waals surface area contributed by atoms with Crippen molar-refractivity contribution in [1.82, 2.24) is 0 Å². The summed E-state index contributed by atoms with van der Waals surface area (Å²) < 4.78 is 10.3. The van der Waals surface area contributed by atoms with Crippen molar-refractivity contribution >= 4 is 13.9 Å². The van der Waals surface area contributed by atoms with Crippen molar-refractivity contribution in [3.05, 3.63) is 0 Å². The average molecular weight is 228 g/mol. The maximum Gasteiger partial charge on any atom is 0.260 e. The lowest BCUT2D eigenvalue weighted by Crippen LogP contribution is -2.27. The van der Waals surface area contributed by atoms with Crippen LogP contribution in [-0.4, -0.2) is 33.4 Å². The lowest BCUT2D eigenvalue weighted by molar-refractivity contribution is -0.162. The zero-order chi connectivity index (χ0) is 11.9. The van der Waals surface area contributed by atoms with E-state index in [1.165, 1.54) is 0 Å². The van der Waals surface area contributed by atoms with Crippen LogP contribution in [-0.2, 0) is 14.3 Å². The SMILES string of the molecule is CCOC(OCC)C(=O)C#C[Si](C)(C)C. The molecule has 3 nitrogen and oxygen atoms in total. The first-order chi connectivity index (χ1) is 6.90. The lowest BCUT2D eigenvalue weighted by atomic mass is 10.4. The Morgan fingerprint density at radius 2 is 1.67 bits per heavy atom. The van der Waals surface area contributed by atoms with Crippen LogP contribution >= 0.6 is 0 Å². The summed E-state index contributed by atoms with van der Waals surface area (Å²) in [6.45, 7) is 10.8. The van der Waals surface area contributed by atoms with E-state index in [1.54, 1.807) is 0 Å². The third-order valence-corrected chi connectivity index (χ3v) is 2.29. The van der Waals surface area contributed by atoms with Gasteiger partial charge in [-0.25, -0.2) is 0 Å². The second kappa shape index (κ2) is 6.78. The van der Waals surface area contributed by atoms with Gasteiger partial charge in [0.25, 0.3) is 5.78 Å². The first-order valence-corrected chi connectivity index (χ1v) is 8.71. The van der Waals surface area contributed by atoms with Crippen LogP contribution in [0, 0.1) is 11.5 Å². The standard InChI is InChI=1S/C11H20O3Si/c1-6-13-11(14-7-2)10(12)8-9-15(3,4)5/h11H,6-7H2,1-5H3. The molecule has 0 rings (SSSR count). The zero-order valence-electron chi connectivity index (χ0n) is 10.2. The van der Waals surface area contributed by atoms with Gasteiger partial charge in [-0.2, -0.15) is 0 Å². The molecule has 86 valence electrons. The number of ketones is 1. The molecule has 0 N–H and O–H groups in total. The number of Topliss-reactive ketones (excluding diaryl/α,β-unsaturated/α-hetero) is 1. The fraction of sp³-hybridized carbons (Fsp3) is 0.727. The van der Waals surface area contributed by atoms with Gasteiger partial charge in [0.05, 0.1) is 0 Å². The number of hydrogen-bond donors (Lipinski definition) is 0. The molecule has 0 aromatic rings. The first-order valence-electron chi connectivity index (χ1n) is 5.21. The van der Waals surface area contributed by atoms with Crippen LogP contribution in [0.15, 0.2) is 0 Å². The summed E-state index contributed by atoms with van der Waals surface area (Å²) in [5.74, 6) is 2.34. The van der Waals surface area contributed by atoms with Crippen LogP contribution in [0.4, 0.5) is 0 Å². The molecule has 0 bridgehead atoms. The summed E-state index contributed by atoms with van der Waals surface area (Å²) >= 11 is 0. The Morgan fingerprint density at radius 3 is 2.00 bits per heavy atom. The number of carbonyl (C=O) groups excluding carboxylic acids is 1. The van der Waals surface area contributed by atoms with E-state index in [4.69, 9.17) is 9.47 Å². The van der Waals surface area contributed by atoms with Gasteiger partial charge in [0.1, 0.15) is 8.07 Å². The molecule has 0 amide bonds. The number of carbonyl (C=O) groups is 1. The van der Waals surface area contributed by atoms with Gasteiger partial charge in [-0.05, 0) is 19.8 Å². The molecule has 4 heteroatoms. The molecule has 0 aliphatic rings. The molecule has 0 saturated carbocycles. The molecule has 0 fully saturated rings. The second-order valence-electron chi connectivity index (χ2n) is 4.11. The van der Waals surface area contributed by atoms with E-state index in [0.717, 1.165) is 0 Å². The Bertz CT molecular complexity index is 251. The summed E-state index contributed by atoms with van der Waals surface area (Å²) in [7, 11) is -1.50. The molecule has 15 heavy (non-hydrogen) atoms. The predicted octanol–water partition coefficient (Wildman–Crippen LogP) is 1.84. The summed E-state index contributed by atoms with van der Waals surface area (Å²) in [6.07, 6.45) is -0.816. The molecule has 0 atom stereocenters. The summed E-state index contributed by atoms with van der Waals surface area (Å²) in [6, 6.07) is 0. The van der Waals surface area contributed by atoms with E-state index in [2.05, 4.69) is 31.1 Å². The van der Waals surface area contributed by atoms with E-state index in [9.17, 15) is 4.79 Å². The molecular formula is C11H20O3Si. The molecule has 0 unspecified atom stereocenters. The third kappa shape index (κ3) is 7.31. The van der Waals surface area contributed by atoms with Gasteiger partial charge < -0.3 is 9.47 Å². The fourth-order valence-corrected chi connectivity index (χ4v) is 1.31. The van der Waals surface area contributed by atoms with Crippen molar-refractivity contribution in [3.8, 4) is 11.5 Å². The van der Waals surface area contributed by atoms with Gasteiger partial charge in [0.2, 0.25) is 6.29 Å². The van der Waals surface area contributed by atoms with Crippen molar-refractivity contribution in [1.29, 1.82) is 0 Å². The van der Waals surface area contributed by atoms with Gasteiger partial charge >= 0.3 is 0 Å². The molecule has 0 aromatic heterocycles. The molecule has 0 aliphatic heterocycles. The number of ether oxygens (including phenoxy) is 2. The van der Waals surface area contributed by atoms with Gasteiger partial charge in [-0.15, -0.1) is 5.54 Å². The maximum atomic E-state index is 11.6. The van der Waals surface area contributed by atoms with E-state index >= 15 is 0 Å². The van der Waals surface area contributed by atoms with Gasteiger partial charge in [-0.3, -0.25) is 4.79 Å². The molecule has 0 spiro atoms. The Morgan fingerprint density at radius 1 is 1.20 bits per heavy atom. The molecular weight excluding hydrogens is 208 g/mol. The number of rotatable bonds is 5. The largest absolute Gasteiger partial charge is 0.346 e. The van der Waals surface area contributed by atoms with Crippen LogP contribution in [0.5, 0.6) is 0 Å². The van der Waals surface area contributed by atoms with E-state index in [1.807, 2.05) is 13.8 Å². The van der Waals surface area contributed by atoms with Crippen molar-refractivity contribution in [2.45, 2.75) is 39.8 Å². The molecule has 0 radical (unpaired) electrons. The highest BCUT2D eigenvalue weighted by molar-refractivity contribution is 6.84. The minimum atomic E-state index is -1.50. The Balaban J connectivity index is 4.42. The highest BCUT2D eigenvalue weighted by Gasteiger charge is 2.17. The Hall–Kier alpha value is -0.633. The van der Waals surface area contributed by atoms with Crippen molar-refractivity contribution < 1.29 is 14.3 Å². The normalized spacial score (nSPS) is 11.1. The van der Waals surface area contributed by atoms with Crippen molar-refractivity contribution in [3.63, 3.8) is 0 Å². The van der Waals surface area contributed by atoms with Crippen LogP contribution in [0.3, 0.4) is 0 Å². The van der Waals surface area contributed by atoms with Crippen molar-refractivity contribution in [2.24, 2.45) is 0 Å². The van der Waals surface area contributed by atoms with E-state index in [0.29, 0.717) is 13.2 Å². The van der Waals surface area contributed by atoms with Gasteiger partial charge in [-0.1, -0.05) is 19.6 Å². The van der Waals surface area contributed by atoms with Gasteiger partial charge in [0, 0.05) is 13.2 Å². The molecule has 0 heterocycles. The monoisotopic (exact) mass is 228 g/mol. The minimum Gasteiger partial charge on any atom is -0.346 e. The maximum absolute atomic E-state index is 11.6. The quantitative estimate of drug-likeness (QED) is 0.409. The summed E-state index contributed by atoms with van der Waals surface area (Å²) in [4.78, 5) is 11.6. The van der Waals surface area contributed by atoms with Crippen LogP contribution < -0.4 is 0 Å². The zero-order valence-corrected chi connectivity index (χ0v) is 11.2. The van der Waals surface area contributed by atoms with E-state index < -0.39 is 14.4 Å². The minimum absolute atomic E-state index is 0.277. The summed E-state index contributed by atoms with van der Waals surface area (Å²) in [5.41, 5.74) is 3.00. The second-order valence-corrected chi connectivity index (χ2v) is 8.86. The topological polar surface area (TPSA) is 35.5 Å².